The Morgan fingerprint density at radius 2 is 1.77 bits per heavy atom. The van der Waals surface area contributed by atoms with Crippen LogP contribution in [0.5, 0.6) is 11.5 Å². The molecule has 0 aliphatic carbocycles. The van der Waals surface area contributed by atoms with Gasteiger partial charge in [-0.3, -0.25) is 0 Å². The van der Waals surface area contributed by atoms with E-state index in [2.05, 4.69) is 14.4 Å². The largest absolute Gasteiger partial charge is 0.534 e. The van der Waals surface area contributed by atoms with Crippen molar-refractivity contribution in [2.45, 2.75) is 79.8 Å². The van der Waals surface area contributed by atoms with Crippen molar-refractivity contribution in [2.24, 2.45) is 0 Å². The van der Waals surface area contributed by atoms with Gasteiger partial charge in [0.1, 0.15) is 11.4 Å². The van der Waals surface area contributed by atoms with Gasteiger partial charge in [-0.15, -0.1) is 0 Å². The van der Waals surface area contributed by atoms with Crippen molar-refractivity contribution in [1.29, 1.82) is 0 Å². The number of aryl methyl sites for hydroxylation is 1. The van der Waals surface area contributed by atoms with E-state index in [0.717, 1.165) is 30.0 Å². The number of rotatable bonds is 12. The average molecular weight is 630 g/mol. The van der Waals surface area contributed by atoms with E-state index in [1.54, 1.807) is 39.0 Å². The molecule has 0 saturated carbocycles. The minimum atomic E-state index is -5.90. The summed E-state index contributed by atoms with van der Waals surface area (Å²) in [5, 5.41) is 22.4. The number of nitrogens with one attached hydrogen (secondary N) is 1. The zero-order valence-electron chi connectivity index (χ0n) is 22.2. The van der Waals surface area contributed by atoms with Crippen molar-refractivity contribution in [3.05, 3.63) is 47.0 Å². The molecule has 0 spiro atoms. The number of amides is 1. The third-order valence-corrected chi connectivity index (χ3v) is 7.78. The number of aliphatic hydroxyl groups is 1. The van der Waals surface area contributed by atoms with Crippen molar-refractivity contribution in [3.63, 3.8) is 0 Å². The fraction of sp³-hybridized carbons (Fsp3) is 0.480. The highest BCUT2D eigenvalue weighted by atomic mass is 35.5. The number of carbonyl (C=O) groups is 1. The summed E-state index contributed by atoms with van der Waals surface area (Å²) >= 11 is 7.40. The van der Waals surface area contributed by atoms with Gasteiger partial charge in [0, 0.05) is 9.92 Å². The normalized spacial score (nSPS) is 13.8. The van der Waals surface area contributed by atoms with E-state index in [9.17, 15) is 31.5 Å². The molecule has 0 aliphatic rings. The van der Waals surface area contributed by atoms with Crippen molar-refractivity contribution in [3.8, 4) is 11.5 Å². The van der Waals surface area contributed by atoms with Crippen LogP contribution in [0, 0.1) is 0 Å². The van der Waals surface area contributed by atoms with Crippen LogP contribution in [0.15, 0.2) is 46.2 Å². The van der Waals surface area contributed by atoms with Crippen LogP contribution >= 0.6 is 23.4 Å². The number of alkyl halides is 3. The Bertz CT molecular complexity index is 1290. The van der Waals surface area contributed by atoms with Crippen LogP contribution in [-0.2, 0) is 21.3 Å². The van der Waals surface area contributed by atoms with E-state index in [0.29, 0.717) is 41.2 Å². The summed E-state index contributed by atoms with van der Waals surface area (Å²) in [6.07, 6.45) is 1.24. The number of ether oxygens (including phenoxy) is 1. The second-order valence-electron chi connectivity index (χ2n) is 9.85. The van der Waals surface area contributed by atoms with Crippen molar-refractivity contribution < 1.29 is 50.6 Å². The third kappa shape index (κ3) is 9.61. The van der Waals surface area contributed by atoms with E-state index in [4.69, 9.17) is 21.6 Å². The summed E-state index contributed by atoms with van der Waals surface area (Å²) < 4.78 is 70.2. The molecular weight excluding hydrogens is 599 g/mol. The van der Waals surface area contributed by atoms with Crippen LogP contribution in [0.2, 0.25) is 5.02 Å². The molecule has 9 nitrogen and oxygen atoms in total. The van der Waals surface area contributed by atoms with Crippen molar-refractivity contribution in [1.82, 2.24) is 5.32 Å². The molecule has 3 N–H and O–H groups in total. The highest BCUT2D eigenvalue weighted by Crippen LogP contribution is 2.40. The number of alkyl carbamates (subject to hydrolysis) is 1. The number of halogens is 4. The molecule has 15 heteroatoms. The van der Waals surface area contributed by atoms with Gasteiger partial charge in [0.05, 0.1) is 17.0 Å². The first-order chi connectivity index (χ1) is 18.4. The Morgan fingerprint density at radius 1 is 1.10 bits per heavy atom. The molecule has 0 radical (unpaired) electrons. The lowest BCUT2D eigenvalue weighted by atomic mass is 9.87. The molecule has 2 rings (SSSR count). The molecule has 2 aromatic rings. The highest BCUT2D eigenvalue weighted by molar-refractivity contribution is 7.99. The topological polar surface area (TPSA) is 131 Å². The quantitative estimate of drug-likeness (QED) is 0.103. The van der Waals surface area contributed by atoms with Crippen LogP contribution < -0.4 is 14.4 Å². The van der Waals surface area contributed by atoms with Gasteiger partial charge in [0.2, 0.25) is 0 Å². The van der Waals surface area contributed by atoms with E-state index in [1.807, 2.05) is 6.92 Å². The van der Waals surface area contributed by atoms with Crippen LogP contribution in [0.4, 0.5) is 18.0 Å². The zero-order chi connectivity index (χ0) is 30.4. The van der Waals surface area contributed by atoms with Crippen LogP contribution in [0.1, 0.15) is 52.5 Å². The number of carbonyl (C=O) groups excluding carboxylic acids is 1. The monoisotopic (exact) mass is 629 g/mol. The van der Waals surface area contributed by atoms with Gasteiger partial charge >= 0.3 is 21.7 Å². The minimum Gasteiger partial charge on any atom is -0.444 e. The molecular formula is C25H31ClF3NO8S2. The molecule has 0 aliphatic heterocycles. The van der Waals surface area contributed by atoms with Gasteiger partial charge in [-0.25, -0.2) is 10.1 Å². The summed E-state index contributed by atoms with van der Waals surface area (Å²) in [6, 6.07) is 7.80. The first-order valence-corrected chi connectivity index (χ1v) is 14.6. The lowest BCUT2D eigenvalue weighted by Gasteiger charge is -2.34. The molecule has 1 amide bonds. The van der Waals surface area contributed by atoms with Gasteiger partial charge in [0.15, 0.2) is 5.75 Å². The number of benzene rings is 2. The molecule has 2 aromatic carbocycles. The molecule has 0 bridgehead atoms. The summed E-state index contributed by atoms with van der Waals surface area (Å²) in [5.74, 6) is -0.806. The molecule has 40 heavy (non-hydrogen) atoms. The van der Waals surface area contributed by atoms with E-state index in [-0.39, 0.29) is 17.3 Å². The standard InChI is InChI=1S/C25H31ClF3NO8S2/c1-5-11-24(15-31,30-22(32)36-23(2,3)4)12-10-16-6-8-18(14-19(16)26)39-21-13-17(7-9-20(21)37-33)38-40(34,35)25(27,28)29/h6-9,13-14,31,33H,5,10-12,15H2,1-4H3,(H,30,32)/t24-/m0/s1. The molecule has 1 atom stereocenters. The van der Waals surface area contributed by atoms with Crippen LogP contribution in [0.25, 0.3) is 0 Å². The van der Waals surface area contributed by atoms with Crippen molar-refractivity contribution >= 4 is 39.6 Å². The lowest BCUT2D eigenvalue weighted by Crippen LogP contribution is -2.53. The van der Waals surface area contributed by atoms with E-state index in [1.165, 1.54) is 0 Å². The van der Waals surface area contributed by atoms with Gasteiger partial charge < -0.3 is 24.2 Å². The van der Waals surface area contributed by atoms with Crippen LogP contribution in [-0.4, -0.2) is 48.1 Å². The third-order valence-electron chi connectivity index (χ3n) is 5.43. The summed E-state index contributed by atoms with van der Waals surface area (Å²) in [5.41, 5.74) is -6.59. The summed E-state index contributed by atoms with van der Waals surface area (Å²) in [4.78, 5) is 17.2. The Kier molecular flexibility index (Phi) is 11.4. The van der Waals surface area contributed by atoms with Crippen LogP contribution in [0.3, 0.4) is 0 Å². The Hall–Kier alpha value is -2.39. The maximum Gasteiger partial charge on any atom is 0.534 e. The fourth-order valence-corrected chi connectivity index (χ4v) is 5.35. The SMILES string of the molecule is CCC[C@@](CO)(CCc1ccc(Sc2cc(OS(=O)(=O)C(F)(F)F)ccc2OO)cc1Cl)NC(=O)OC(C)(C)C. The second kappa shape index (κ2) is 13.5. The number of hydrogen-bond donors (Lipinski definition) is 3. The molecule has 0 aromatic heterocycles. The Balaban J connectivity index is 2.22. The smallest absolute Gasteiger partial charge is 0.444 e. The average Bonchev–Trinajstić information content (AvgIpc) is 2.81. The molecule has 0 fully saturated rings. The van der Waals surface area contributed by atoms with Gasteiger partial charge in [0.25, 0.3) is 0 Å². The summed E-state index contributed by atoms with van der Waals surface area (Å²) in [7, 11) is -5.90. The predicted molar refractivity (Wildman–Crippen MR) is 143 cm³/mol. The van der Waals surface area contributed by atoms with E-state index >= 15 is 0 Å². The number of aliphatic hydroxyl groups excluding tert-OH is 1. The summed E-state index contributed by atoms with van der Waals surface area (Å²) in [6.45, 7) is 6.79. The molecule has 0 unspecified atom stereocenters. The lowest BCUT2D eigenvalue weighted by molar-refractivity contribution is -0.140. The first kappa shape index (κ1) is 33.8. The van der Waals surface area contributed by atoms with Crippen molar-refractivity contribution in [2.75, 3.05) is 6.61 Å². The first-order valence-electron chi connectivity index (χ1n) is 12.0. The van der Waals surface area contributed by atoms with E-state index < -0.39 is 38.6 Å². The molecule has 0 heterocycles. The molecule has 224 valence electrons. The zero-order valence-corrected chi connectivity index (χ0v) is 24.6. The minimum absolute atomic E-state index is 0.0463. The van der Waals surface area contributed by atoms with Gasteiger partial charge in [-0.05, 0) is 75.9 Å². The van der Waals surface area contributed by atoms with Gasteiger partial charge in [-0.1, -0.05) is 42.8 Å². The van der Waals surface area contributed by atoms with Gasteiger partial charge in [-0.2, -0.15) is 21.6 Å². The highest BCUT2D eigenvalue weighted by Gasteiger charge is 2.48. The fourth-order valence-electron chi connectivity index (χ4n) is 3.61. The maximum absolute atomic E-state index is 12.7. The predicted octanol–water partition coefficient (Wildman–Crippen LogP) is 6.56. The second-order valence-corrected chi connectivity index (χ2v) is 12.9. The maximum atomic E-state index is 12.7. The molecule has 0 saturated heterocycles. The Labute approximate surface area is 240 Å². The Morgan fingerprint density at radius 3 is 2.30 bits per heavy atom. The number of hydrogen-bond acceptors (Lipinski definition) is 9.